The lowest BCUT2D eigenvalue weighted by molar-refractivity contribution is 0.534. The maximum Gasteiger partial charge on any atom is 0.191 e. The fraction of sp³-hybridized carbons (Fsp3) is 0.846. The molecule has 1 heterocycles. The Balaban J connectivity index is 1.85. The molecule has 5 heteroatoms. The van der Waals surface area contributed by atoms with Gasteiger partial charge in [0.2, 0.25) is 0 Å². The zero-order valence-electron chi connectivity index (χ0n) is 11.3. The molecule has 1 aromatic heterocycles. The molecule has 0 atom stereocenters. The largest absolute Gasteiger partial charge is 0.324 e. The Labute approximate surface area is 114 Å². The molecular weight excluding hydrogens is 244 g/mol. The zero-order chi connectivity index (χ0) is 12.8. The van der Waals surface area contributed by atoms with Crippen molar-refractivity contribution in [2.75, 3.05) is 5.75 Å². The second kappa shape index (κ2) is 7.14. The van der Waals surface area contributed by atoms with Gasteiger partial charge in [-0.15, -0.1) is 10.2 Å². The van der Waals surface area contributed by atoms with Crippen molar-refractivity contribution in [2.24, 2.45) is 11.7 Å². The Morgan fingerprint density at radius 3 is 2.78 bits per heavy atom. The summed E-state index contributed by atoms with van der Waals surface area (Å²) in [6.07, 6.45) is 8.13. The Morgan fingerprint density at radius 1 is 1.33 bits per heavy atom. The molecule has 2 rings (SSSR count). The minimum Gasteiger partial charge on any atom is -0.324 e. The Kier molecular flexibility index (Phi) is 5.50. The average molecular weight is 268 g/mol. The smallest absolute Gasteiger partial charge is 0.191 e. The van der Waals surface area contributed by atoms with Crippen molar-refractivity contribution in [1.29, 1.82) is 0 Å². The van der Waals surface area contributed by atoms with Crippen LogP contribution in [0.15, 0.2) is 5.16 Å². The average Bonchev–Trinajstić information content (AvgIpc) is 3.00. The molecule has 0 unspecified atom stereocenters. The van der Waals surface area contributed by atoms with Crippen LogP contribution in [0, 0.1) is 5.92 Å². The van der Waals surface area contributed by atoms with Crippen molar-refractivity contribution in [3.63, 3.8) is 0 Å². The lowest BCUT2D eigenvalue weighted by Crippen LogP contribution is -2.09. The van der Waals surface area contributed by atoms with Crippen molar-refractivity contribution < 1.29 is 0 Å². The van der Waals surface area contributed by atoms with E-state index in [-0.39, 0.29) is 0 Å². The topological polar surface area (TPSA) is 56.7 Å². The molecule has 0 aromatic carbocycles. The normalized spacial score (nSPS) is 16.6. The van der Waals surface area contributed by atoms with Gasteiger partial charge in [-0.1, -0.05) is 44.4 Å². The van der Waals surface area contributed by atoms with Crippen LogP contribution >= 0.6 is 11.8 Å². The fourth-order valence-corrected chi connectivity index (χ4v) is 3.73. The number of nitrogens with two attached hydrogens (primary N) is 1. The number of nitrogens with zero attached hydrogens (tertiary/aromatic N) is 3. The highest BCUT2D eigenvalue weighted by molar-refractivity contribution is 7.99. The van der Waals surface area contributed by atoms with Gasteiger partial charge in [0.05, 0.1) is 6.54 Å². The first-order chi connectivity index (χ1) is 8.85. The van der Waals surface area contributed by atoms with E-state index in [4.69, 9.17) is 5.73 Å². The highest BCUT2D eigenvalue weighted by Gasteiger charge is 2.16. The van der Waals surface area contributed by atoms with E-state index in [0.717, 1.165) is 35.6 Å². The van der Waals surface area contributed by atoms with E-state index in [0.29, 0.717) is 6.54 Å². The number of thioether (sulfide) groups is 1. The van der Waals surface area contributed by atoms with E-state index in [1.54, 1.807) is 0 Å². The predicted octanol–water partition coefficient (Wildman–Crippen LogP) is 2.82. The molecule has 0 spiro atoms. The zero-order valence-corrected chi connectivity index (χ0v) is 12.1. The third kappa shape index (κ3) is 3.48. The molecule has 102 valence electrons. The van der Waals surface area contributed by atoms with Gasteiger partial charge in [-0.2, -0.15) is 0 Å². The van der Waals surface area contributed by atoms with E-state index in [2.05, 4.69) is 21.7 Å². The van der Waals surface area contributed by atoms with E-state index in [1.165, 1.54) is 32.1 Å². The maximum absolute atomic E-state index is 5.69. The molecule has 4 nitrogen and oxygen atoms in total. The first-order valence-corrected chi connectivity index (χ1v) is 8.08. The van der Waals surface area contributed by atoms with Gasteiger partial charge in [0.1, 0.15) is 5.82 Å². The van der Waals surface area contributed by atoms with E-state index >= 15 is 0 Å². The van der Waals surface area contributed by atoms with Crippen LogP contribution in [0.4, 0.5) is 0 Å². The monoisotopic (exact) mass is 268 g/mol. The first kappa shape index (κ1) is 13.9. The summed E-state index contributed by atoms with van der Waals surface area (Å²) in [5.41, 5.74) is 5.69. The number of hydrogen-bond acceptors (Lipinski definition) is 4. The van der Waals surface area contributed by atoms with Crippen LogP contribution in [-0.2, 0) is 13.1 Å². The van der Waals surface area contributed by atoms with Crippen LogP contribution in [0.2, 0.25) is 0 Å². The highest BCUT2D eigenvalue weighted by atomic mass is 32.2. The number of hydrogen-bond donors (Lipinski definition) is 1. The molecule has 0 saturated heterocycles. The number of aromatic nitrogens is 3. The van der Waals surface area contributed by atoms with Crippen molar-refractivity contribution in [3.8, 4) is 0 Å². The van der Waals surface area contributed by atoms with Crippen molar-refractivity contribution >= 4 is 11.8 Å². The molecule has 2 N–H and O–H groups in total. The van der Waals surface area contributed by atoms with Gasteiger partial charge < -0.3 is 10.3 Å². The predicted molar refractivity (Wildman–Crippen MR) is 75.5 cm³/mol. The summed E-state index contributed by atoms with van der Waals surface area (Å²) in [6.45, 7) is 3.63. The van der Waals surface area contributed by atoms with Crippen LogP contribution in [-0.4, -0.2) is 20.5 Å². The third-order valence-electron chi connectivity index (χ3n) is 3.66. The molecule has 18 heavy (non-hydrogen) atoms. The minimum atomic E-state index is 0.482. The second-order valence-electron chi connectivity index (χ2n) is 5.04. The summed E-state index contributed by atoms with van der Waals surface area (Å²) in [7, 11) is 0. The van der Waals surface area contributed by atoms with Crippen molar-refractivity contribution in [3.05, 3.63) is 5.82 Å². The van der Waals surface area contributed by atoms with Crippen LogP contribution < -0.4 is 5.73 Å². The Morgan fingerprint density at radius 2 is 2.11 bits per heavy atom. The van der Waals surface area contributed by atoms with E-state index in [9.17, 15) is 0 Å². The Hall–Kier alpha value is -0.550. The van der Waals surface area contributed by atoms with E-state index in [1.807, 2.05) is 11.8 Å². The Bertz CT molecular complexity index is 358. The van der Waals surface area contributed by atoms with Gasteiger partial charge >= 0.3 is 0 Å². The maximum atomic E-state index is 5.69. The lowest BCUT2D eigenvalue weighted by Gasteiger charge is -2.09. The van der Waals surface area contributed by atoms with Crippen LogP contribution in [0.1, 0.15) is 51.3 Å². The van der Waals surface area contributed by atoms with Crippen molar-refractivity contribution in [1.82, 2.24) is 14.8 Å². The van der Waals surface area contributed by atoms with Crippen LogP contribution in [0.25, 0.3) is 0 Å². The molecule has 0 radical (unpaired) electrons. The van der Waals surface area contributed by atoms with Gasteiger partial charge in [-0.25, -0.2) is 0 Å². The summed E-state index contributed by atoms with van der Waals surface area (Å²) in [5.74, 6) is 3.03. The molecule has 1 aliphatic rings. The summed E-state index contributed by atoms with van der Waals surface area (Å²) in [6, 6.07) is 0. The van der Waals surface area contributed by atoms with Gasteiger partial charge in [-0.05, 0) is 18.8 Å². The van der Waals surface area contributed by atoms with Crippen LogP contribution in [0.3, 0.4) is 0 Å². The van der Waals surface area contributed by atoms with Gasteiger partial charge in [0.25, 0.3) is 0 Å². The molecular formula is C13H24N4S. The quantitative estimate of drug-likeness (QED) is 0.773. The summed E-state index contributed by atoms with van der Waals surface area (Å²) >= 11 is 1.84. The molecule has 0 bridgehead atoms. The molecule has 0 amide bonds. The molecule has 1 aliphatic carbocycles. The lowest BCUT2D eigenvalue weighted by atomic mass is 10.1. The van der Waals surface area contributed by atoms with Crippen molar-refractivity contribution in [2.45, 2.75) is 63.7 Å². The first-order valence-electron chi connectivity index (χ1n) is 7.10. The number of rotatable bonds is 7. The molecule has 1 aromatic rings. The summed E-state index contributed by atoms with van der Waals surface area (Å²) in [4.78, 5) is 0. The standard InChI is InChI=1S/C13H24N4S/c1-2-8-17-12(10-14)15-16-13(17)18-9-7-11-5-3-4-6-11/h11H,2-10,14H2,1H3. The molecule has 1 fully saturated rings. The summed E-state index contributed by atoms with van der Waals surface area (Å²) in [5, 5.41) is 9.49. The fourth-order valence-electron chi connectivity index (χ4n) is 2.64. The molecule has 0 aliphatic heterocycles. The van der Waals surface area contributed by atoms with Gasteiger partial charge in [0, 0.05) is 12.3 Å². The summed E-state index contributed by atoms with van der Waals surface area (Å²) < 4.78 is 2.18. The second-order valence-corrected chi connectivity index (χ2v) is 6.10. The van der Waals surface area contributed by atoms with Gasteiger partial charge in [-0.3, -0.25) is 0 Å². The minimum absolute atomic E-state index is 0.482. The van der Waals surface area contributed by atoms with Gasteiger partial charge in [0.15, 0.2) is 5.16 Å². The highest BCUT2D eigenvalue weighted by Crippen LogP contribution is 2.30. The van der Waals surface area contributed by atoms with Crippen LogP contribution in [0.5, 0.6) is 0 Å². The SMILES string of the molecule is CCCn1c(CN)nnc1SCCC1CCCC1. The van der Waals surface area contributed by atoms with E-state index < -0.39 is 0 Å². The molecule has 1 saturated carbocycles. The third-order valence-corrected chi connectivity index (χ3v) is 4.66.